The van der Waals surface area contributed by atoms with Crippen LogP contribution in [-0.4, -0.2) is 25.2 Å². The summed E-state index contributed by atoms with van der Waals surface area (Å²) in [6, 6.07) is 6.82. The van der Waals surface area contributed by atoms with Gasteiger partial charge in [0.25, 0.3) is 0 Å². The summed E-state index contributed by atoms with van der Waals surface area (Å²) < 4.78 is 28.3. The van der Waals surface area contributed by atoms with Crippen LogP contribution in [0.1, 0.15) is 0 Å². The van der Waals surface area contributed by atoms with Gasteiger partial charge >= 0.3 is 0 Å². The number of hydrogen-bond acceptors (Lipinski definition) is 4. The minimum Gasteiger partial charge on any atom is -0.355 e. The fraction of sp³-hybridized carbons (Fsp3) is 0.222. The minimum atomic E-state index is -3.43. The number of aromatic nitrogens is 1. The molecule has 1 aromatic carbocycles. The van der Waals surface area contributed by atoms with E-state index in [1.807, 2.05) is 0 Å². The molecule has 0 bridgehead atoms. The van der Waals surface area contributed by atoms with Crippen molar-refractivity contribution in [1.29, 1.82) is 0 Å². The summed E-state index contributed by atoms with van der Waals surface area (Å²) in [4.78, 5) is 0. The molecule has 15 heavy (non-hydrogen) atoms. The second-order valence-corrected chi connectivity index (χ2v) is 5.39. The van der Waals surface area contributed by atoms with Gasteiger partial charge in [0.15, 0.2) is 5.58 Å². The number of fused-ring (bicyclic) bond motifs is 1. The van der Waals surface area contributed by atoms with Crippen molar-refractivity contribution in [2.24, 2.45) is 0 Å². The lowest BCUT2D eigenvalue weighted by atomic mass is 10.3. The molecule has 0 amide bonds. The van der Waals surface area contributed by atoms with Crippen molar-refractivity contribution >= 4 is 32.4 Å². The highest BCUT2D eigenvalue weighted by Crippen LogP contribution is 2.22. The van der Waals surface area contributed by atoms with Gasteiger partial charge in [0.2, 0.25) is 14.9 Å². The summed E-state index contributed by atoms with van der Waals surface area (Å²) in [7, 11) is -3.43. The first-order chi connectivity index (χ1) is 7.15. The van der Waals surface area contributed by atoms with E-state index in [0.717, 1.165) is 0 Å². The molecule has 0 aliphatic rings. The number of nitrogens with zero attached hydrogens (tertiary/aromatic N) is 1. The van der Waals surface area contributed by atoms with Crippen LogP contribution in [-0.2, 0) is 9.84 Å². The highest BCUT2D eigenvalue weighted by molar-refractivity contribution is 7.91. The molecule has 2 rings (SSSR count). The SMILES string of the molecule is O=S(=O)(CCCl)c1noc2ccccc12. The van der Waals surface area contributed by atoms with E-state index in [9.17, 15) is 8.42 Å². The molecule has 6 heteroatoms. The molecule has 1 aromatic heterocycles. The highest BCUT2D eigenvalue weighted by Gasteiger charge is 2.21. The number of halogens is 1. The topological polar surface area (TPSA) is 60.2 Å². The Bertz CT molecular complexity index is 576. The maximum absolute atomic E-state index is 11.7. The van der Waals surface area contributed by atoms with Gasteiger partial charge in [-0.3, -0.25) is 0 Å². The number of hydrogen-bond donors (Lipinski definition) is 0. The molecule has 4 nitrogen and oxygen atoms in total. The number of para-hydroxylation sites is 1. The Kier molecular flexibility index (Phi) is 2.67. The molecule has 0 saturated carbocycles. The van der Waals surface area contributed by atoms with Gasteiger partial charge in [0, 0.05) is 5.88 Å². The highest BCUT2D eigenvalue weighted by atomic mass is 35.5. The van der Waals surface area contributed by atoms with E-state index in [1.54, 1.807) is 24.3 Å². The number of rotatable bonds is 3. The van der Waals surface area contributed by atoms with Crippen LogP contribution in [0.15, 0.2) is 33.8 Å². The molecule has 0 fully saturated rings. The van der Waals surface area contributed by atoms with Crippen molar-refractivity contribution in [2.45, 2.75) is 5.03 Å². The summed E-state index contributed by atoms with van der Waals surface area (Å²) in [5.74, 6) is -0.0887. The Morgan fingerprint density at radius 3 is 2.80 bits per heavy atom. The molecule has 0 unspecified atom stereocenters. The third kappa shape index (κ3) is 1.85. The average molecular weight is 246 g/mol. The molecule has 0 aliphatic carbocycles. The molecular formula is C9H8ClNO3S. The standard InChI is InChI=1S/C9H8ClNO3S/c10-5-6-15(12,13)9-7-3-1-2-4-8(7)14-11-9/h1-4H,5-6H2. The van der Waals surface area contributed by atoms with Gasteiger partial charge in [-0.25, -0.2) is 8.42 Å². The largest absolute Gasteiger partial charge is 0.355 e. The van der Waals surface area contributed by atoms with E-state index in [0.29, 0.717) is 11.0 Å². The average Bonchev–Trinajstić information content (AvgIpc) is 2.61. The maximum Gasteiger partial charge on any atom is 0.206 e. The van der Waals surface area contributed by atoms with Crippen LogP contribution in [0.4, 0.5) is 0 Å². The molecule has 0 saturated heterocycles. The number of alkyl halides is 1. The van der Waals surface area contributed by atoms with Gasteiger partial charge in [0.1, 0.15) is 0 Å². The first kappa shape index (κ1) is 10.4. The Balaban J connectivity index is 2.63. The lowest BCUT2D eigenvalue weighted by molar-refractivity contribution is 0.432. The number of sulfone groups is 1. The Morgan fingerprint density at radius 1 is 1.33 bits per heavy atom. The summed E-state index contributed by atoms with van der Waals surface area (Å²) in [5, 5.41) is 4.04. The monoisotopic (exact) mass is 245 g/mol. The second kappa shape index (κ2) is 3.83. The van der Waals surface area contributed by atoms with Crippen LogP contribution >= 0.6 is 11.6 Å². The smallest absolute Gasteiger partial charge is 0.206 e. The van der Waals surface area contributed by atoms with Crippen LogP contribution in [0.25, 0.3) is 11.0 Å². The summed E-state index contributed by atoms with van der Waals surface area (Å²) in [6.45, 7) is 0. The molecule has 0 aliphatic heterocycles. The quantitative estimate of drug-likeness (QED) is 0.775. The predicted molar refractivity (Wildman–Crippen MR) is 56.8 cm³/mol. The molecule has 0 N–H and O–H groups in total. The first-order valence-electron chi connectivity index (χ1n) is 4.28. The van der Waals surface area contributed by atoms with Crippen molar-refractivity contribution in [3.8, 4) is 0 Å². The molecule has 0 spiro atoms. The van der Waals surface area contributed by atoms with Gasteiger partial charge in [-0.1, -0.05) is 17.3 Å². The Hall–Kier alpha value is -1.07. The zero-order valence-electron chi connectivity index (χ0n) is 7.68. The van der Waals surface area contributed by atoms with Gasteiger partial charge in [0.05, 0.1) is 11.1 Å². The van der Waals surface area contributed by atoms with Crippen LogP contribution in [0, 0.1) is 0 Å². The Morgan fingerprint density at radius 2 is 2.07 bits per heavy atom. The molecule has 80 valence electrons. The normalized spacial score (nSPS) is 12.1. The van der Waals surface area contributed by atoms with Crippen LogP contribution in [0.2, 0.25) is 0 Å². The molecule has 0 atom stereocenters. The lowest BCUT2D eigenvalue weighted by Gasteiger charge is -1.95. The lowest BCUT2D eigenvalue weighted by Crippen LogP contribution is -2.08. The molecule has 0 radical (unpaired) electrons. The maximum atomic E-state index is 11.7. The third-order valence-electron chi connectivity index (χ3n) is 1.98. The molecule has 1 heterocycles. The minimum absolute atomic E-state index is 0.0289. The van der Waals surface area contributed by atoms with Crippen LogP contribution in [0.5, 0.6) is 0 Å². The van der Waals surface area contributed by atoms with Crippen molar-refractivity contribution in [3.05, 3.63) is 24.3 Å². The van der Waals surface area contributed by atoms with Crippen molar-refractivity contribution < 1.29 is 12.9 Å². The first-order valence-corrected chi connectivity index (χ1v) is 6.47. The summed E-state index contributed by atoms with van der Waals surface area (Å²) in [5.41, 5.74) is 0.464. The van der Waals surface area contributed by atoms with Crippen molar-refractivity contribution in [3.63, 3.8) is 0 Å². The van der Waals surface area contributed by atoms with Gasteiger partial charge in [-0.2, -0.15) is 0 Å². The second-order valence-electron chi connectivity index (χ2n) is 2.99. The van der Waals surface area contributed by atoms with E-state index < -0.39 is 9.84 Å². The predicted octanol–water partition coefficient (Wildman–Crippen LogP) is 1.84. The van der Waals surface area contributed by atoms with Crippen molar-refractivity contribution in [2.75, 3.05) is 11.6 Å². The Labute approximate surface area is 91.7 Å². The van der Waals surface area contributed by atoms with Crippen LogP contribution in [0.3, 0.4) is 0 Å². The summed E-state index contributed by atoms with van der Waals surface area (Å²) in [6.07, 6.45) is 0. The van der Waals surface area contributed by atoms with Gasteiger partial charge in [-0.05, 0) is 12.1 Å². The van der Waals surface area contributed by atoms with E-state index in [2.05, 4.69) is 5.16 Å². The van der Waals surface area contributed by atoms with Gasteiger partial charge < -0.3 is 4.52 Å². The third-order valence-corrected chi connectivity index (χ3v) is 4.02. The zero-order valence-corrected chi connectivity index (χ0v) is 9.25. The van der Waals surface area contributed by atoms with E-state index in [4.69, 9.17) is 16.1 Å². The van der Waals surface area contributed by atoms with E-state index >= 15 is 0 Å². The van der Waals surface area contributed by atoms with Gasteiger partial charge in [-0.15, -0.1) is 11.6 Å². The fourth-order valence-electron chi connectivity index (χ4n) is 1.29. The number of benzene rings is 1. The van der Waals surface area contributed by atoms with Crippen molar-refractivity contribution in [1.82, 2.24) is 5.16 Å². The molecular weight excluding hydrogens is 238 g/mol. The summed E-state index contributed by atoms with van der Waals surface area (Å²) >= 11 is 5.42. The van der Waals surface area contributed by atoms with Crippen LogP contribution < -0.4 is 0 Å². The fourth-order valence-corrected chi connectivity index (χ4v) is 2.95. The van der Waals surface area contributed by atoms with E-state index in [-0.39, 0.29) is 16.7 Å². The molecule has 2 aromatic rings. The van der Waals surface area contributed by atoms with E-state index in [1.165, 1.54) is 0 Å². The zero-order chi connectivity index (χ0) is 10.9.